The zero-order valence-corrected chi connectivity index (χ0v) is 34.5. The Labute approximate surface area is 315 Å². The van der Waals surface area contributed by atoms with E-state index in [0.29, 0.717) is 0 Å². The first-order valence-electron chi connectivity index (χ1n) is 15.8. The predicted octanol–water partition coefficient (Wildman–Crippen LogP) is 12.6. The molecule has 0 aliphatic heterocycles. The fourth-order valence-electron chi connectivity index (χ4n) is 6.63. The van der Waals surface area contributed by atoms with Crippen LogP contribution in [0.1, 0.15) is 109 Å². The normalized spacial score (nSPS) is 16.2. The van der Waals surface area contributed by atoms with Gasteiger partial charge in [0.25, 0.3) is 0 Å². The number of hydrogen-bond donors (Lipinski definition) is 0. The maximum atomic E-state index is 3.85. The van der Waals surface area contributed by atoms with Crippen LogP contribution >= 0.6 is 24.8 Å². The van der Waals surface area contributed by atoms with E-state index in [1.165, 1.54) is 79.9 Å². The molecule has 0 atom stereocenters. The molecule has 0 radical (unpaired) electrons. The van der Waals surface area contributed by atoms with Crippen LogP contribution in [0.5, 0.6) is 0 Å². The Morgan fingerprint density at radius 2 is 1.28 bits per heavy atom. The summed E-state index contributed by atoms with van der Waals surface area (Å²) >= 11 is 1.30. The van der Waals surface area contributed by atoms with Crippen molar-refractivity contribution in [3.05, 3.63) is 138 Å². The molecule has 4 aliphatic carbocycles. The van der Waals surface area contributed by atoms with Crippen molar-refractivity contribution in [3.8, 4) is 11.1 Å². The first kappa shape index (κ1) is 43.0. The average Bonchev–Trinajstić information content (AvgIpc) is 3.75. The van der Waals surface area contributed by atoms with Crippen LogP contribution in [-0.4, -0.2) is 4.21 Å². The summed E-state index contributed by atoms with van der Waals surface area (Å²) in [5.41, 5.74) is 14.9. The van der Waals surface area contributed by atoms with Crippen molar-refractivity contribution in [2.24, 2.45) is 10.8 Å². The summed E-state index contributed by atoms with van der Waals surface area (Å²) in [5, 5.41) is 0. The zero-order valence-electron chi connectivity index (χ0n) is 30.4. The summed E-state index contributed by atoms with van der Waals surface area (Å²) in [6.45, 7) is 23.3. The van der Waals surface area contributed by atoms with Gasteiger partial charge >= 0.3 is 28.4 Å². The molecule has 0 bridgehead atoms. The van der Waals surface area contributed by atoms with Gasteiger partial charge < -0.3 is 7.43 Å². The molecular formula is C44H54Cl2Zr-4. The van der Waals surface area contributed by atoms with Gasteiger partial charge in [0.2, 0.25) is 0 Å². The third-order valence-corrected chi connectivity index (χ3v) is 8.78. The van der Waals surface area contributed by atoms with Gasteiger partial charge in [-0.1, -0.05) is 92.9 Å². The third kappa shape index (κ3) is 9.35. The molecule has 0 unspecified atom stereocenters. The SMILES string of the molecule is CC(C)(C)C1=[C-]C(C)(C)c2cc3c(cc21)-c1cc2c(cc1C3)C(C)(C)C=C2C(C)(C)C.Cl.Cl.[C-]1=CC=CC1.[CH2]=[Zr].[CH3-].[c-]1ccccc1. The van der Waals surface area contributed by atoms with Crippen LogP contribution in [0.15, 0.2) is 78.9 Å². The Kier molecular flexibility index (Phi) is 15.2. The Balaban J connectivity index is 0.000000582. The Morgan fingerprint density at radius 3 is 1.68 bits per heavy atom. The molecule has 3 aromatic rings. The summed E-state index contributed by atoms with van der Waals surface area (Å²) in [6, 6.07) is 22.5. The standard InChI is InChI=1S/C31H37.C6H5.C5H5.CH3.CH2.2ClH.Zr/c1-28(2,3)26-16-30(7,8)24-12-18-11-19-13-25-23(15-21(19)20(18)14-22(24)26)27(29(4,5)6)17-31(25,9)10;1-2-4-6-5-3-1;1-2-4-5-3-1;;;;;/h12-16H,11H2,1-10H3;1-5H;1-3H,4H2;1H3;1H2;2*1H;/q4*-1;;;;. The molecule has 0 spiro atoms. The number of rotatable bonds is 0. The average molecular weight is 745 g/mol. The van der Waals surface area contributed by atoms with Crippen molar-refractivity contribution in [1.29, 1.82) is 0 Å². The number of fused-ring (bicyclic) bond motifs is 5. The number of allylic oxidation sites excluding steroid dienone is 8. The van der Waals surface area contributed by atoms with E-state index in [0.717, 1.165) is 12.8 Å². The number of benzene rings is 3. The Hall–Kier alpha value is -2.05. The van der Waals surface area contributed by atoms with Crippen LogP contribution in [0, 0.1) is 36.5 Å². The largest absolute Gasteiger partial charge is 0.358 e. The Morgan fingerprint density at radius 1 is 0.723 bits per heavy atom. The smallest absolute Gasteiger partial charge is 0.171 e. The minimum Gasteiger partial charge on any atom is -0.358 e. The minimum atomic E-state index is -0.0202. The van der Waals surface area contributed by atoms with Crippen molar-refractivity contribution in [1.82, 2.24) is 0 Å². The van der Waals surface area contributed by atoms with Gasteiger partial charge in [0.1, 0.15) is 0 Å². The van der Waals surface area contributed by atoms with Gasteiger partial charge in [0.15, 0.2) is 0 Å². The van der Waals surface area contributed by atoms with E-state index in [4.69, 9.17) is 0 Å². The molecule has 7 rings (SSSR count). The summed E-state index contributed by atoms with van der Waals surface area (Å²) in [7, 11) is 0. The van der Waals surface area contributed by atoms with E-state index >= 15 is 0 Å². The summed E-state index contributed by atoms with van der Waals surface area (Å²) in [6.07, 6.45) is 17.4. The van der Waals surface area contributed by atoms with Gasteiger partial charge in [-0.2, -0.15) is 48.0 Å². The second-order valence-electron chi connectivity index (χ2n) is 15.3. The van der Waals surface area contributed by atoms with Crippen LogP contribution in [0.4, 0.5) is 0 Å². The topological polar surface area (TPSA) is 0 Å². The van der Waals surface area contributed by atoms with Crippen molar-refractivity contribution in [2.45, 2.75) is 92.9 Å². The zero-order chi connectivity index (χ0) is 32.5. The maximum absolute atomic E-state index is 3.85. The Bertz CT molecular complexity index is 1500. The van der Waals surface area contributed by atoms with E-state index < -0.39 is 0 Å². The maximum Gasteiger partial charge on any atom is -0.171 e. The molecule has 0 saturated heterocycles. The van der Waals surface area contributed by atoms with Gasteiger partial charge in [-0.25, -0.2) is 17.7 Å². The quantitative estimate of drug-likeness (QED) is 0.157. The van der Waals surface area contributed by atoms with Crippen LogP contribution in [0.25, 0.3) is 22.3 Å². The summed E-state index contributed by atoms with van der Waals surface area (Å²) in [5.74, 6) is 0. The van der Waals surface area contributed by atoms with E-state index in [-0.39, 0.29) is 53.9 Å². The van der Waals surface area contributed by atoms with Crippen molar-refractivity contribution >= 4 is 40.2 Å². The molecule has 0 saturated carbocycles. The van der Waals surface area contributed by atoms with Crippen LogP contribution in [-0.2, 0) is 41.5 Å². The first-order chi connectivity index (χ1) is 20.6. The second-order valence-corrected chi connectivity index (χ2v) is 15.3. The number of halogens is 2. The molecule has 252 valence electrons. The molecule has 0 aromatic heterocycles. The summed E-state index contributed by atoms with van der Waals surface area (Å²) in [4.78, 5) is 0. The second kappa shape index (κ2) is 16.6. The van der Waals surface area contributed by atoms with Crippen molar-refractivity contribution in [3.63, 3.8) is 0 Å². The van der Waals surface area contributed by atoms with E-state index in [1.54, 1.807) is 0 Å². The molecule has 4 aliphatic rings. The molecule has 0 heterocycles. The van der Waals surface area contributed by atoms with Gasteiger partial charge in [-0.15, -0.1) is 42.9 Å². The molecule has 3 heteroatoms. The van der Waals surface area contributed by atoms with E-state index in [9.17, 15) is 0 Å². The van der Waals surface area contributed by atoms with Gasteiger partial charge in [0.05, 0.1) is 0 Å². The van der Waals surface area contributed by atoms with Gasteiger partial charge in [0, 0.05) is 5.41 Å². The molecule has 0 nitrogen and oxygen atoms in total. The van der Waals surface area contributed by atoms with Crippen LogP contribution in [0.2, 0.25) is 0 Å². The molecule has 3 aromatic carbocycles. The number of hydrogen-bond acceptors (Lipinski definition) is 0. The fourth-order valence-corrected chi connectivity index (χ4v) is 6.63. The molecule has 0 amide bonds. The van der Waals surface area contributed by atoms with Crippen molar-refractivity contribution in [2.75, 3.05) is 0 Å². The minimum absolute atomic E-state index is 0. The predicted molar refractivity (Wildman–Crippen MR) is 209 cm³/mol. The molecular weight excluding hydrogens is 691 g/mol. The molecule has 47 heavy (non-hydrogen) atoms. The van der Waals surface area contributed by atoms with Gasteiger partial charge in [-0.3, -0.25) is 12.2 Å². The van der Waals surface area contributed by atoms with E-state index in [1.807, 2.05) is 42.5 Å². The first-order valence-corrected chi connectivity index (χ1v) is 17.6. The van der Waals surface area contributed by atoms with Gasteiger partial charge in [-0.05, 0) is 62.3 Å². The molecule has 0 N–H and O–H groups in total. The fraction of sp³-hybridized carbons (Fsp3) is 0.364. The van der Waals surface area contributed by atoms with E-state index in [2.05, 4.69) is 128 Å². The van der Waals surface area contributed by atoms with Crippen LogP contribution < -0.4 is 0 Å². The summed E-state index contributed by atoms with van der Waals surface area (Å²) < 4.78 is 3.34. The monoisotopic (exact) mass is 742 g/mol. The molecule has 0 fully saturated rings. The van der Waals surface area contributed by atoms with Crippen molar-refractivity contribution < 1.29 is 24.2 Å². The third-order valence-electron chi connectivity index (χ3n) is 8.78. The van der Waals surface area contributed by atoms with Crippen LogP contribution in [0.3, 0.4) is 0 Å².